The molecule has 19 heavy (non-hydrogen) atoms. The van der Waals surface area contributed by atoms with Gasteiger partial charge in [-0.1, -0.05) is 13.8 Å². The van der Waals surface area contributed by atoms with Gasteiger partial charge in [-0.2, -0.15) is 0 Å². The number of carbonyl (C=O) groups excluding carboxylic acids is 4. The Labute approximate surface area is 111 Å². The maximum absolute atomic E-state index is 12.3. The van der Waals surface area contributed by atoms with E-state index in [1.165, 1.54) is 21.0 Å². The molecule has 0 aromatic carbocycles. The van der Waals surface area contributed by atoms with Crippen molar-refractivity contribution in [2.45, 2.75) is 33.7 Å². The summed E-state index contributed by atoms with van der Waals surface area (Å²) in [6, 6.07) is -1.94. The van der Waals surface area contributed by atoms with Gasteiger partial charge in [0.1, 0.15) is 11.5 Å². The van der Waals surface area contributed by atoms with E-state index in [2.05, 4.69) is 10.1 Å². The Morgan fingerprint density at radius 3 is 2.21 bits per heavy atom. The number of esters is 1. The smallest absolute Gasteiger partial charge is 0.331 e. The van der Waals surface area contributed by atoms with E-state index < -0.39 is 35.3 Å². The normalized spacial score (nSPS) is 20.3. The zero-order valence-electron chi connectivity index (χ0n) is 11.6. The molecule has 7 heteroatoms. The summed E-state index contributed by atoms with van der Waals surface area (Å²) in [5.74, 6) is -2.40. The number of rotatable bonds is 3. The molecule has 1 rings (SSSR count). The van der Waals surface area contributed by atoms with E-state index in [1.807, 2.05) is 0 Å². The molecule has 1 aliphatic rings. The van der Waals surface area contributed by atoms with Crippen LogP contribution >= 0.6 is 0 Å². The van der Waals surface area contributed by atoms with Crippen LogP contribution in [0.15, 0.2) is 0 Å². The third-order valence-corrected chi connectivity index (χ3v) is 3.11. The molecular formula is C12H18N2O5. The van der Waals surface area contributed by atoms with Crippen molar-refractivity contribution in [3.05, 3.63) is 0 Å². The summed E-state index contributed by atoms with van der Waals surface area (Å²) in [6.45, 7) is 6.18. The Balaban J connectivity index is 3.22. The minimum Gasteiger partial charge on any atom is -0.467 e. The zero-order valence-corrected chi connectivity index (χ0v) is 11.6. The molecule has 0 aromatic rings. The van der Waals surface area contributed by atoms with Gasteiger partial charge < -0.3 is 4.74 Å². The Hall–Kier alpha value is -1.92. The second kappa shape index (κ2) is 4.99. The number of nitrogens with zero attached hydrogens (tertiary/aromatic N) is 1. The molecular weight excluding hydrogens is 252 g/mol. The van der Waals surface area contributed by atoms with Crippen molar-refractivity contribution in [1.29, 1.82) is 0 Å². The number of methoxy groups -OCH3 is 1. The standard InChI is InChI=1S/C12H18N2O5/c1-6(2)7(8(15)19-5)14-10(17)12(3,4)9(16)13-11(14)18/h6-7H,1-5H3,(H,13,16,18). The average molecular weight is 270 g/mol. The van der Waals surface area contributed by atoms with Crippen LogP contribution in [0.2, 0.25) is 0 Å². The fourth-order valence-corrected chi connectivity index (χ4v) is 1.85. The minimum atomic E-state index is -1.39. The van der Waals surface area contributed by atoms with Gasteiger partial charge >= 0.3 is 12.0 Å². The summed E-state index contributed by atoms with van der Waals surface area (Å²) in [7, 11) is 1.18. The van der Waals surface area contributed by atoms with E-state index in [4.69, 9.17) is 0 Å². The van der Waals surface area contributed by atoms with E-state index in [0.717, 1.165) is 4.90 Å². The monoisotopic (exact) mass is 270 g/mol. The van der Waals surface area contributed by atoms with Crippen LogP contribution in [-0.4, -0.2) is 41.9 Å². The van der Waals surface area contributed by atoms with Crippen molar-refractivity contribution in [1.82, 2.24) is 10.2 Å². The number of barbiturate groups is 1. The third-order valence-electron chi connectivity index (χ3n) is 3.11. The Kier molecular flexibility index (Phi) is 3.97. The Morgan fingerprint density at radius 1 is 1.26 bits per heavy atom. The predicted molar refractivity (Wildman–Crippen MR) is 64.8 cm³/mol. The Morgan fingerprint density at radius 2 is 1.79 bits per heavy atom. The topological polar surface area (TPSA) is 92.8 Å². The summed E-state index contributed by atoms with van der Waals surface area (Å²) in [4.78, 5) is 48.3. The molecule has 1 saturated heterocycles. The highest BCUT2D eigenvalue weighted by molar-refractivity contribution is 6.19. The molecule has 106 valence electrons. The van der Waals surface area contributed by atoms with Crippen molar-refractivity contribution < 1.29 is 23.9 Å². The van der Waals surface area contributed by atoms with Gasteiger partial charge in [-0.05, 0) is 19.8 Å². The van der Waals surface area contributed by atoms with Crippen LogP contribution in [0.1, 0.15) is 27.7 Å². The van der Waals surface area contributed by atoms with Gasteiger partial charge in [-0.25, -0.2) is 14.5 Å². The number of hydrogen-bond donors (Lipinski definition) is 1. The lowest BCUT2D eigenvalue weighted by Gasteiger charge is -2.39. The lowest BCUT2D eigenvalue weighted by atomic mass is 9.87. The molecule has 0 bridgehead atoms. The summed E-state index contributed by atoms with van der Waals surface area (Å²) in [6.07, 6.45) is 0. The van der Waals surface area contributed by atoms with Crippen LogP contribution in [0.5, 0.6) is 0 Å². The molecule has 0 saturated carbocycles. The summed E-state index contributed by atoms with van der Waals surface area (Å²) < 4.78 is 4.62. The molecule has 0 aliphatic carbocycles. The number of carbonyl (C=O) groups is 4. The largest absolute Gasteiger partial charge is 0.467 e. The SMILES string of the molecule is COC(=O)C(C(C)C)N1C(=O)NC(=O)C(C)(C)C1=O. The first-order chi connectivity index (χ1) is 8.64. The molecule has 7 nitrogen and oxygen atoms in total. The molecule has 0 radical (unpaired) electrons. The van der Waals surface area contributed by atoms with Gasteiger partial charge in [-0.15, -0.1) is 0 Å². The molecule has 1 atom stereocenters. The van der Waals surface area contributed by atoms with Crippen molar-refractivity contribution in [3.63, 3.8) is 0 Å². The molecule has 1 N–H and O–H groups in total. The first-order valence-corrected chi connectivity index (χ1v) is 5.91. The zero-order chi connectivity index (χ0) is 15.0. The number of amides is 4. The highest BCUT2D eigenvalue weighted by Crippen LogP contribution is 2.27. The van der Waals surface area contributed by atoms with Gasteiger partial charge in [0.15, 0.2) is 0 Å². The highest BCUT2D eigenvalue weighted by Gasteiger charge is 2.51. The van der Waals surface area contributed by atoms with Gasteiger partial charge in [0.2, 0.25) is 11.8 Å². The molecule has 1 aliphatic heterocycles. The average Bonchev–Trinajstić information content (AvgIpc) is 2.31. The van der Waals surface area contributed by atoms with Gasteiger partial charge in [0.25, 0.3) is 0 Å². The summed E-state index contributed by atoms with van der Waals surface area (Å²) in [5.41, 5.74) is -1.39. The van der Waals surface area contributed by atoms with Crippen LogP contribution < -0.4 is 5.32 Å². The van der Waals surface area contributed by atoms with E-state index in [-0.39, 0.29) is 5.92 Å². The number of urea groups is 1. The second-order valence-corrected chi connectivity index (χ2v) is 5.27. The Bertz CT molecular complexity index is 441. The van der Waals surface area contributed by atoms with Gasteiger partial charge in [-0.3, -0.25) is 14.9 Å². The molecule has 0 spiro atoms. The minimum absolute atomic E-state index is 0.328. The second-order valence-electron chi connectivity index (χ2n) is 5.27. The van der Waals surface area contributed by atoms with Crippen molar-refractivity contribution >= 4 is 23.8 Å². The van der Waals surface area contributed by atoms with E-state index in [9.17, 15) is 19.2 Å². The van der Waals surface area contributed by atoms with Gasteiger partial charge in [0, 0.05) is 0 Å². The molecule has 1 heterocycles. The number of imide groups is 2. The van der Waals surface area contributed by atoms with Gasteiger partial charge in [0.05, 0.1) is 7.11 Å². The van der Waals surface area contributed by atoms with Crippen molar-refractivity contribution in [2.24, 2.45) is 11.3 Å². The number of nitrogens with one attached hydrogen (secondary N) is 1. The first kappa shape index (κ1) is 15.1. The van der Waals surface area contributed by atoms with Crippen molar-refractivity contribution in [3.8, 4) is 0 Å². The fourth-order valence-electron chi connectivity index (χ4n) is 1.85. The molecule has 1 unspecified atom stereocenters. The first-order valence-electron chi connectivity index (χ1n) is 5.91. The van der Waals surface area contributed by atoms with Crippen LogP contribution in [0, 0.1) is 11.3 Å². The number of hydrogen-bond acceptors (Lipinski definition) is 5. The molecule has 1 fully saturated rings. The summed E-state index contributed by atoms with van der Waals surface area (Å²) >= 11 is 0. The highest BCUT2D eigenvalue weighted by atomic mass is 16.5. The van der Waals surface area contributed by atoms with Crippen LogP contribution in [0.4, 0.5) is 4.79 Å². The van der Waals surface area contributed by atoms with E-state index in [0.29, 0.717) is 0 Å². The van der Waals surface area contributed by atoms with Crippen LogP contribution in [0.3, 0.4) is 0 Å². The lowest BCUT2D eigenvalue weighted by Crippen LogP contribution is -2.66. The third kappa shape index (κ3) is 2.45. The van der Waals surface area contributed by atoms with E-state index in [1.54, 1.807) is 13.8 Å². The van der Waals surface area contributed by atoms with Crippen LogP contribution in [0.25, 0.3) is 0 Å². The predicted octanol–water partition coefficient (Wildman–Crippen LogP) is 0.289. The molecule has 0 aromatic heterocycles. The number of ether oxygens (including phenoxy) is 1. The maximum atomic E-state index is 12.3. The van der Waals surface area contributed by atoms with Crippen molar-refractivity contribution in [2.75, 3.05) is 7.11 Å². The van der Waals surface area contributed by atoms with Crippen LogP contribution in [-0.2, 0) is 19.1 Å². The quantitative estimate of drug-likeness (QED) is 0.587. The maximum Gasteiger partial charge on any atom is 0.331 e. The lowest BCUT2D eigenvalue weighted by molar-refractivity contribution is -0.160. The molecule has 4 amide bonds. The fraction of sp³-hybridized carbons (Fsp3) is 0.667. The summed E-state index contributed by atoms with van der Waals surface area (Å²) in [5, 5.41) is 2.08. The van der Waals surface area contributed by atoms with E-state index >= 15 is 0 Å².